The second-order valence-corrected chi connectivity index (χ2v) is 8.93. The molecule has 1 amide bonds. The van der Waals surface area contributed by atoms with Crippen LogP contribution in [-0.2, 0) is 19.6 Å². The third kappa shape index (κ3) is 4.09. The molecular weight excluding hydrogens is 360 g/mol. The number of aryl methyl sites for hydroxylation is 2. The molecule has 0 saturated carbocycles. The van der Waals surface area contributed by atoms with Crippen molar-refractivity contribution in [2.24, 2.45) is 0 Å². The van der Waals surface area contributed by atoms with E-state index in [1.54, 1.807) is 22.4 Å². The van der Waals surface area contributed by atoms with Crippen LogP contribution in [0.4, 0.5) is 5.69 Å². The van der Waals surface area contributed by atoms with Crippen LogP contribution in [0, 0.1) is 13.8 Å². The fourth-order valence-corrected chi connectivity index (χ4v) is 4.69. The Morgan fingerprint density at radius 2 is 2.08 bits per heavy atom. The number of anilines is 1. The SMILES string of the molecule is Cc1ccc(N2CC(CNS(=O)(=O)c3cccs3)OCC2=O)cc1C. The number of benzene rings is 1. The van der Waals surface area contributed by atoms with Crippen LogP contribution in [0.15, 0.2) is 39.9 Å². The molecular formula is C17H20N2O4S2. The van der Waals surface area contributed by atoms with Crippen LogP contribution < -0.4 is 9.62 Å². The Morgan fingerprint density at radius 1 is 1.28 bits per heavy atom. The van der Waals surface area contributed by atoms with E-state index >= 15 is 0 Å². The van der Waals surface area contributed by atoms with Gasteiger partial charge in [0.25, 0.3) is 5.91 Å². The molecule has 1 aromatic heterocycles. The van der Waals surface area contributed by atoms with Gasteiger partial charge in [-0.3, -0.25) is 4.79 Å². The molecule has 1 saturated heterocycles. The van der Waals surface area contributed by atoms with E-state index < -0.39 is 16.1 Å². The maximum atomic E-state index is 12.2. The monoisotopic (exact) mass is 380 g/mol. The van der Waals surface area contributed by atoms with E-state index in [4.69, 9.17) is 4.74 Å². The average Bonchev–Trinajstić information content (AvgIpc) is 3.12. The molecule has 1 aliphatic rings. The number of nitrogens with one attached hydrogen (secondary N) is 1. The zero-order valence-corrected chi connectivity index (χ0v) is 15.7. The fraction of sp³-hybridized carbons (Fsp3) is 0.353. The van der Waals surface area contributed by atoms with Gasteiger partial charge >= 0.3 is 0 Å². The van der Waals surface area contributed by atoms with Crippen LogP contribution in [0.1, 0.15) is 11.1 Å². The number of thiophene rings is 1. The summed E-state index contributed by atoms with van der Waals surface area (Å²) in [6, 6.07) is 9.09. The number of nitrogens with zero attached hydrogens (tertiary/aromatic N) is 1. The first-order chi connectivity index (χ1) is 11.9. The molecule has 2 heterocycles. The van der Waals surface area contributed by atoms with Crippen molar-refractivity contribution in [3.8, 4) is 0 Å². The highest BCUT2D eigenvalue weighted by Gasteiger charge is 2.29. The molecule has 0 bridgehead atoms. The molecule has 1 unspecified atom stereocenters. The van der Waals surface area contributed by atoms with Gasteiger partial charge in [-0.2, -0.15) is 0 Å². The van der Waals surface area contributed by atoms with Crippen molar-refractivity contribution in [3.63, 3.8) is 0 Å². The second kappa shape index (κ2) is 7.25. The van der Waals surface area contributed by atoms with E-state index in [1.807, 2.05) is 32.0 Å². The highest BCUT2D eigenvalue weighted by molar-refractivity contribution is 7.91. The highest BCUT2D eigenvalue weighted by atomic mass is 32.2. The van der Waals surface area contributed by atoms with E-state index in [0.717, 1.165) is 28.2 Å². The van der Waals surface area contributed by atoms with E-state index in [9.17, 15) is 13.2 Å². The second-order valence-electron chi connectivity index (χ2n) is 5.99. The summed E-state index contributed by atoms with van der Waals surface area (Å²) in [6.07, 6.45) is -0.394. The minimum absolute atomic E-state index is 0.0572. The van der Waals surface area contributed by atoms with Crippen LogP contribution in [0.3, 0.4) is 0 Å². The Hall–Kier alpha value is -1.74. The normalized spacial score (nSPS) is 18.6. The molecule has 1 N–H and O–H groups in total. The number of carbonyl (C=O) groups excluding carboxylic acids is 1. The van der Waals surface area contributed by atoms with Crippen LogP contribution in [0.2, 0.25) is 0 Å². The first-order valence-corrected chi connectivity index (χ1v) is 10.3. The summed E-state index contributed by atoms with van der Waals surface area (Å²) in [4.78, 5) is 13.8. The van der Waals surface area contributed by atoms with Gasteiger partial charge in [0.05, 0.1) is 12.6 Å². The molecule has 134 valence electrons. The fourth-order valence-electron chi connectivity index (χ4n) is 2.58. The zero-order valence-electron chi connectivity index (χ0n) is 14.1. The topological polar surface area (TPSA) is 75.7 Å². The lowest BCUT2D eigenvalue weighted by Crippen LogP contribution is -2.50. The van der Waals surface area contributed by atoms with Crippen molar-refractivity contribution in [2.45, 2.75) is 24.2 Å². The number of carbonyl (C=O) groups is 1. The van der Waals surface area contributed by atoms with E-state index in [0.29, 0.717) is 6.54 Å². The van der Waals surface area contributed by atoms with Crippen molar-refractivity contribution in [1.82, 2.24) is 4.72 Å². The summed E-state index contributed by atoms with van der Waals surface area (Å²) < 4.78 is 32.7. The minimum atomic E-state index is -3.54. The molecule has 25 heavy (non-hydrogen) atoms. The largest absolute Gasteiger partial charge is 0.365 e. The number of amides is 1. The van der Waals surface area contributed by atoms with Crippen LogP contribution >= 0.6 is 11.3 Å². The quantitative estimate of drug-likeness (QED) is 0.862. The number of sulfonamides is 1. The molecule has 0 radical (unpaired) electrons. The Labute approximate surface area is 151 Å². The first-order valence-electron chi connectivity index (χ1n) is 7.89. The van der Waals surface area contributed by atoms with Gasteiger partial charge in [-0.25, -0.2) is 13.1 Å². The van der Waals surface area contributed by atoms with Crippen molar-refractivity contribution < 1.29 is 17.9 Å². The number of hydrogen-bond donors (Lipinski definition) is 1. The lowest BCUT2D eigenvalue weighted by molar-refractivity contribution is -0.129. The summed E-state index contributed by atoms with van der Waals surface area (Å²) in [6.45, 7) is 4.39. The number of morpholine rings is 1. The summed E-state index contributed by atoms with van der Waals surface area (Å²) in [5.41, 5.74) is 3.07. The van der Waals surface area contributed by atoms with Crippen LogP contribution in [-0.4, -0.2) is 40.1 Å². The Morgan fingerprint density at radius 3 is 2.76 bits per heavy atom. The van der Waals surface area contributed by atoms with Crippen molar-refractivity contribution in [2.75, 3.05) is 24.6 Å². The van der Waals surface area contributed by atoms with E-state index in [-0.39, 0.29) is 23.3 Å². The first kappa shape index (κ1) is 18.1. The maximum absolute atomic E-state index is 12.2. The van der Waals surface area contributed by atoms with Gasteiger partial charge in [-0.15, -0.1) is 11.3 Å². The summed E-state index contributed by atoms with van der Waals surface area (Å²) >= 11 is 1.16. The van der Waals surface area contributed by atoms with Crippen LogP contribution in [0.5, 0.6) is 0 Å². The lowest BCUT2D eigenvalue weighted by atomic mass is 10.1. The van der Waals surface area contributed by atoms with Gasteiger partial charge in [0.2, 0.25) is 10.0 Å². The van der Waals surface area contributed by atoms with Gasteiger partial charge < -0.3 is 9.64 Å². The highest BCUT2D eigenvalue weighted by Crippen LogP contribution is 2.22. The minimum Gasteiger partial charge on any atom is -0.365 e. The summed E-state index contributed by atoms with van der Waals surface area (Å²) in [5, 5.41) is 1.71. The van der Waals surface area contributed by atoms with Crippen molar-refractivity contribution >= 4 is 33.0 Å². The number of ether oxygens (including phenoxy) is 1. The van der Waals surface area contributed by atoms with Gasteiger partial charge in [0.1, 0.15) is 10.8 Å². The van der Waals surface area contributed by atoms with E-state index in [1.165, 1.54) is 0 Å². The van der Waals surface area contributed by atoms with Gasteiger partial charge in [0.15, 0.2) is 0 Å². The smallest absolute Gasteiger partial charge is 0.253 e. The van der Waals surface area contributed by atoms with Gasteiger partial charge in [0, 0.05) is 12.2 Å². The molecule has 2 aromatic rings. The third-order valence-electron chi connectivity index (χ3n) is 4.19. The van der Waals surface area contributed by atoms with Crippen molar-refractivity contribution in [3.05, 3.63) is 46.8 Å². The maximum Gasteiger partial charge on any atom is 0.253 e. The van der Waals surface area contributed by atoms with Gasteiger partial charge in [-0.05, 0) is 48.6 Å². The Bertz CT molecular complexity index is 863. The van der Waals surface area contributed by atoms with E-state index in [2.05, 4.69) is 4.72 Å². The average molecular weight is 380 g/mol. The lowest BCUT2D eigenvalue weighted by Gasteiger charge is -2.33. The Balaban J connectivity index is 1.68. The molecule has 3 rings (SSSR count). The predicted octanol–water partition coefficient (Wildman–Crippen LogP) is 2.08. The molecule has 8 heteroatoms. The summed E-state index contributed by atoms with van der Waals surface area (Å²) in [7, 11) is -3.54. The number of hydrogen-bond acceptors (Lipinski definition) is 5. The molecule has 1 atom stereocenters. The number of rotatable bonds is 5. The molecule has 0 spiro atoms. The zero-order chi connectivity index (χ0) is 18.0. The van der Waals surface area contributed by atoms with Crippen molar-refractivity contribution in [1.29, 1.82) is 0 Å². The molecule has 0 aliphatic carbocycles. The molecule has 1 fully saturated rings. The summed E-state index contributed by atoms with van der Waals surface area (Å²) in [5.74, 6) is -0.124. The Kier molecular flexibility index (Phi) is 5.24. The standard InChI is InChI=1S/C17H20N2O4S2/c1-12-5-6-14(8-13(12)2)19-10-15(23-11-16(19)20)9-18-25(21,22)17-4-3-7-24-17/h3-8,15,18H,9-11H2,1-2H3. The molecule has 1 aliphatic heterocycles. The van der Waals surface area contributed by atoms with Gasteiger partial charge in [-0.1, -0.05) is 12.1 Å². The predicted molar refractivity (Wildman–Crippen MR) is 97.5 cm³/mol. The molecule has 1 aromatic carbocycles. The van der Waals surface area contributed by atoms with Crippen LogP contribution in [0.25, 0.3) is 0 Å². The molecule has 6 nitrogen and oxygen atoms in total. The third-order valence-corrected chi connectivity index (χ3v) is 7.01.